The fraction of sp³-hybridized carbons (Fsp3) is 0.375. The summed E-state index contributed by atoms with van der Waals surface area (Å²) in [6.45, 7) is 1.84. The van der Waals surface area contributed by atoms with E-state index in [0.29, 0.717) is 30.2 Å². The van der Waals surface area contributed by atoms with Crippen molar-refractivity contribution < 1.29 is 17.9 Å². The molecule has 2 N–H and O–H groups in total. The van der Waals surface area contributed by atoms with Crippen LogP contribution >= 0.6 is 0 Å². The fourth-order valence-electron chi connectivity index (χ4n) is 5.00. The number of benzene rings is 2. The van der Waals surface area contributed by atoms with Crippen LogP contribution in [0.5, 0.6) is 0 Å². The Labute approximate surface area is 197 Å². The van der Waals surface area contributed by atoms with E-state index in [2.05, 4.69) is 19.7 Å². The number of H-pyrrole nitrogens is 1. The van der Waals surface area contributed by atoms with Gasteiger partial charge in [0.25, 0.3) is 10.0 Å². The Hall–Kier alpha value is -3.24. The first-order chi connectivity index (χ1) is 16.5. The highest BCUT2D eigenvalue weighted by Gasteiger charge is 2.35. The van der Waals surface area contributed by atoms with Crippen LogP contribution in [0, 0.1) is 5.92 Å². The molecular weight excluding hydrogens is 454 g/mol. The molecule has 6 rings (SSSR count). The summed E-state index contributed by atoms with van der Waals surface area (Å²) >= 11 is 0. The molecule has 176 valence electrons. The minimum atomic E-state index is -3.69. The van der Waals surface area contributed by atoms with Gasteiger partial charge >= 0.3 is 0 Å². The highest BCUT2D eigenvalue weighted by molar-refractivity contribution is 7.90. The van der Waals surface area contributed by atoms with Crippen molar-refractivity contribution in [2.45, 2.75) is 36.7 Å². The summed E-state index contributed by atoms with van der Waals surface area (Å²) in [7, 11) is -3.69. The molecule has 1 aromatic heterocycles. The van der Waals surface area contributed by atoms with Gasteiger partial charge in [0, 0.05) is 30.9 Å². The van der Waals surface area contributed by atoms with Gasteiger partial charge in [0.1, 0.15) is 16.8 Å². The van der Waals surface area contributed by atoms with Crippen LogP contribution in [-0.4, -0.2) is 54.7 Å². The number of piperidine rings is 1. The van der Waals surface area contributed by atoms with E-state index in [1.807, 2.05) is 23.1 Å². The van der Waals surface area contributed by atoms with Crippen molar-refractivity contribution in [2.24, 2.45) is 10.3 Å². The van der Waals surface area contributed by atoms with E-state index in [-0.39, 0.29) is 22.8 Å². The number of hydrogen-bond donors (Lipinski definition) is 2. The molecule has 1 amide bonds. The number of hydrogen-bond acceptors (Lipinski definition) is 6. The first-order valence-electron chi connectivity index (χ1n) is 11.6. The number of fused-ring (bicyclic) bond motifs is 2. The third kappa shape index (κ3) is 3.76. The van der Waals surface area contributed by atoms with Crippen LogP contribution in [0.1, 0.15) is 43.2 Å². The van der Waals surface area contributed by atoms with Gasteiger partial charge < -0.3 is 19.9 Å². The number of ether oxygens (including phenoxy) is 1. The number of nitrogens with one attached hydrogen (secondary N) is 2. The van der Waals surface area contributed by atoms with Gasteiger partial charge in [-0.25, -0.2) is 4.98 Å². The summed E-state index contributed by atoms with van der Waals surface area (Å²) in [5, 5.41) is 3.03. The monoisotopic (exact) mass is 479 g/mol. The van der Waals surface area contributed by atoms with Crippen LogP contribution in [0.25, 0.3) is 11.0 Å². The van der Waals surface area contributed by atoms with Crippen molar-refractivity contribution in [3.05, 3.63) is 53.9 Å². The van der Waals surface area contributed by atoms with E-state index < -0.39 is 10.0 Å². The molecule has 4 heterocycles. The average molecular weight is 480 g/mol. The molecule has 0 radical (unpaired) electrons. The second-order valence-corrected chi connectivity index (χ2v) is 10.6. The number of carbonyl (C=O) groups excluding carboxylic acids is 1. The largest absolute Gasteiger partial charge is 0.370 e. The first-order valence-corrected chi connectivity index (χ1v) is 13.0. The van der Waals surface area contributed by atoms with Gasteiger partial charge in [-0.15, -0.1) is 4.40 Å². The minimum absolute atomic E-state index is 0.00566. The molecule has 0 aliphatic carbocycles. The third-order valence-electron chi connectivity index (χ3n) is 6.71. The second-order valence-electron chi connectivity index (χ2n) is 9.02. The molecule has 2 unspecified atom stereocenters. The van der Waals surface area contributed by atoms with E-state index in [1.54, 1.807) is 24.3 Å². The Balaban J connectivity index is 1.18. The summed E-state index contributed by atoms with van der Waals surface area (Å²) < 4.78 is 34.6. The van der Waals surface area contributed by atoms with Gasteiger partial charge in [0.05, 0.1) is 17.0 Å². The molecule has 0 saturated carbocycles. The van der Waals surface area contributed by atoms with Crippen LogP contribution in [0.2, 0.25) is 0 Å². The van der Waals surface area contributed by atoms with Crippen molar-refractivity contribution in [3.63, 3.8) is 0 Å². The summed E-state index contributed by atoms with van der Waals surface area (Å²) in [5.74, 6) is 0.907. The standard InChI is InChI=1S/C24H25N5O4S/c30-24(25-16-9-10-18-19(13-16)27-22(26-18)20-7-4-12-33-20)15-5-3-11-29(14-15)23-17-6-1-2-8-21(17)34(31,32)28-23/h1-2,6,8-10,13,15,20H,3-5,7,11-12,14H2,(H,25,30)(H,26,27). The molecule has 34 heavy (non-hydrogen) atoms. The van der Waals surface area contributed by atoms with E-state index >= 15 is 0 Å². The van der Waals surface area contributed by atoms with Crippen LogP contribution in [0.3, 0.4) is 0 Å². The predicted molar refractivity (Wildman–Crippen MR) is 127 cm³/mol. The Morgan fingerprint density at radius 3 is 2.88 bits per heavy atom. The first kappa shape index (κ1) is 21.3. The molecule has 10 heteroatoms. The second kappa shape index (κ2) is 8.21. The Morgan fingerprint density at radius 2 is 2.03 bits per heavy atom. The lowest BCUT2D eigenvalue weighted by Gasteiger charge is -2.33. The number of imidazole rings is 1. The quantitative estimate of drug-likeness (QED) is 0.596. The van der Waals surface area contributed by atoms with E-state index in [0.717, 1.165) is 49.1 Å². The number of carbonyl (C=O) groups is 1. The maximum Gasteiger partial charge on any atom is 0.285 e. The van der Waals surface area contributed by atoms with Gasteiger partial charge in [0.15, 0.2) is 5.84 Å². The van der Waals surface area contributed by atoms with E-state index in [1.165, 1.54) is 0 Å². The molecule has 0 bridgehead atoms. The Bertz CT molecular complexity index is 1410. The predicted octanol–water partition coefficient (Wildman–Crippen LogP) is 3.21. The number of anilines is 1. The number of nitrogens with zero attached hydrogens (tertiary/aromatic N) is 3. The van der Waals surface area contributed by atoms with Crippen LogP contribution in [-0.2, 0) is 19.6 Å². The Morgan fingerprint density at radius 1 is 1.15 bits per heavy atom. The lowest BCUT2D eigenvalue weighted by atomic mass is 9.96. The SMILES string of the molecule is O=C(Nc1ccc2nc(C3CCCO3)[nH]c2c1)C1CCCN(C2=NS(=O)(=O)c3ccccc32)C1. The number of amidine groups is 1. The maximum atomic E-state index is 13.1. The topological polar surface area (TPSA) is 117 Å². The number of sulfonamides is 1. The normalized spacial score (nSPS) is 23.6. The number of likely N-dealkylation sites (tertiary alicyclic amines) is 1. The zero-order valence-electron chi connectivity index (χ0n) is 18.5. The van der Waals surface area contributed by atoms with Crippen molar-refractivity contribution >= 4 is 38.5 Å². The van der Waals surface area contributed by atoms with E-state index in [4.69, 9.17) is 4.74 Å². The lowest BCUT2D eigenvalue weighted by Crippen LogP contribution is -2.43. The molecule has 0 spiro atoms. The van der Waals surface area contributed by atoms with E-state index in [9.17, 15) is 13.2 Å². The van der Waals surface area contributed by atoms with Crippen molar-refractivity contribution in [3.8, 4) is 0 Å². The molecule has 2 fully saturated rings. The van der Waals surface area contributed by atoms with Gasteiger partial charge in [-0.1, -0.05) is 12.1 Å². The summed E-state index contributed by atoms with van der Waals surface area (Å²) in [6, 6.07) is 12.5. The zero-order chi connectivity index (χ0) is 23.3. The minimum Gasteiger partial charge on any atom is -0.370 e. The van der Waals surface area contributed by atoms with Crippen molar-refractivity contribution in [2.75, 3.05) is 25.0 Å². The number of rotatable bonds is 3. The Kier molecular flexibility index (Phi) is 5.14. The highest BCUT2D eigenvalue weighted by Crippen LogP contribution is 2.31. The smallest absolute Gasteiger partial charge is 0.285 e. The van der Waals surface area contributed by atoms with Gasteiger partial charge in [-0.3, -0.25) is 4.79 Å². The fourth-order valence-corrected chi connectivity index (χ4v) is 6.22. The number of aromatic amines is 1. The summed E-state index contributed by atoms with van der Waals surface area (Å²) in [4.78, 5) is 23.2. The summed E-state index contributed by atoms with van der Waals surface area (Å²) in [5.41, 5.74) is 3.00. The summed E-state index contributed by atoms with van der Waals surface area (Å²) in [6.07, 6.45) is 3.51. The van der Waals surface area contributed by atoms with Crippen LogP contribution in [0.4, 0.5) is 5.69 Å². The molecule has 2 aromatic carbocycles. The lowest BCUT2D eigenvalue weighted by molar-refractivity contribution is -0.121. The van der Waals surface area contributed by atoms with Gasteiger partial charge in [-0.05, 0) is 56.0 Å². The zero-order valence-corrected chi connectivity index (χ0v) is 19.3. The molecule has 3 aromatic rings. The number of aromatic nitrogens is 2. The molecule has 2 atom stereocenters. The highest BCUT2D eigenvalue weighted by atomic mass is 32.2. The molecule has 9 nitrogen and oxygen atoms in total. The van der Waals surface area contributed by atoms with Gasteiger partial charge in [0.2, 0.25) is 5.91 Å². The third-order valence-corrected chi connectivity index (χ3v) is 8.03. The molecule has 3 aliphatic heterocycles. The molecule has 2 saturated heterocycles. The van der Waals surface area contributed by atoms with Gasteiger partial charge in [-0.2, -0.15) is 8.42 Å². The van der Waals surface area contributed by atoms with Crippen molar-refractivity contribution in [1.29, 1.82) is 0 Å². The average Bonchev–Trinajstić information content (AvgIpc) is 3.57. The van der Waals surface area contributed by atoms with Crippen LogP contribution < -0.4 is 5.32 Å². The molecular formula is C24H25N5O4S. The number of amides is 1. The van der Waals surface area contributed by atoms with Crippen molar-refractivity contribution in [1.82, 2.24) is 14.9 Å². The van der Waals surface area contributed by atoms with Crippen LogP contribution in [0.15, 0.2) is 51.8 Å². The maximum absolute atomic E-state index is 13.1. The molecule has 3 aliphatic rings.